The van der Waals surface area contributed by atoms with Crippen molar-refractivity contribution in [3.63, 3.8) is 0 Å². The van der Waals surface area contributed by atoms with Crippen molar-refractivity contribution in [2.45, 2.75) is 26.7 Å². The van der Waals surface area contributed by atoms with Gasteiger partial charge in [-0.05, 0) is 38.0 Å². The van der Waals surface area contributed by atoms with E-state index in [4.69, 9.17) is 23.2 Å². The number of nitrogens with zero attached hydrogens (tertiary/aromatic N) is 3. The third-order valence-corrected chi connectivity index (χ3v) is 3.52. The zero-order chi connectivity index (χ0) is 12.6. The molecule has 0 N–H and O–H groups in total. The fourth-order valence-corrected chi connectivity index (χ4v) is 2.01. The van der Waals surface area contributed by atoms with Crippen LogP contribution in [0.2, 0.25) is 5.02 Å². The molecule has 0 unspecified atom stereocenters. The smallest absolute Gasteiger partial charge is 0.156 e. The summed E-state index contributed by atoms with van der Waals surface area (Å²) < 4.78 is 1.77. The minimum Gasteiger partial charge on any atom is -0.237 e. The topological polar surface area (TPSA) is 30.7 Å². The molecule has 0 radical (unpaired) electrons. The van der Waals surface area contributed by atoms with E-state index in [1.165, 1.54) is 0 Å². The highest BCUT2D eigenvalue weighted by molar-refractivity contribution is 6.31. The average molecular weight is 270 g/mol. The summed E-state index contributed by atoms with van der Waals surface area (Å²) in [5, 5.41) is 5.07. The van der Waals surface area contributed by atoms with Gasteiger partial charge in [0.05, 0.1) is 16.4 Å². The highest BCUT2D eigenvalue weighted by Gasteiger charge is 2.13. The first kappa shape index (κ1) is 12.4. The molecule has 2 rings (SSSR count). The molecular formula is C12H13Cl2N3. The summed E-state index contributed by atoms with van der Waals surface area (Å²) in [4.78, 5) is 4.39. The van der Waals surface area contributed by atoms with Gasteiger partial charge in [-0.1, -0.05) is 11.6 Å². The lowest BCUT2D eigenvalue weighted by atomic mass is 10.2. The van der Waals surface area contributed by atoms with Crippen LogP contribution in [0.1, 0.15) is 22.5 Å². The van der Waals surface area contributed by atoms with Crippen LogP contribution in [-0.4, -0.2) is 14.8 Å². The lowest BCUT2D eigenvalue weighted by Crippen LogP contribution is -2.05. The Kier molecular flexibility index (Phi) is 3.40. The monoisotopic (exact) mass is 269 g/mol. The Morgan fingerprint density at radius 3 is 2.47 bits per heavy atom. The molecule has 0 bridgehead atoms. The molecule has 0 spiro atoms. The zero-order valence-electron chi connectivity index (χ0n) is 9.96. The van der Waals surface area contributed by atoms with E-state index in [-0.39, 0.29) is 0 Å². The lowest BCUT2D eigenvalue weighted by molar-refractivity contribution is 0.797. The second kappa shape index (κ2) is 4.67. The molecule has 0 saturated carbocycles. The minimum atomic E-state index is 0.464. The maximum Gasteiger partial charge on any atom is 0.156 e. The van der Waals surface area contributed by atoms with E-state index in [1.807, 2.05) is 26.8 Å². The van der Waals surface area contributed by atoms with Crippen LogP contribution in [0.3, 0.4) is 0 Å². The Hall–Kier alpha value is -1.06. The van der Waals surface area contributed by atoms with E-state index >= 15 is 0 Å². The van der Waals surface area contributed by atoms with Crippen molar-refractivity contribution in [2.75, 3.05) is 0 Å². The Balaban J connectivity index is 2.57. The summed E-state index contributed by atoms with van der Waals surface area (Å²) in [6.45, 7) is 5.80. The molecule has 2 aromatic heterocycles. The van der Waals surface area contributed by atoms with Crippen LogP contribution in [0.4, 0.5) is 0 Å². The van der Waals surface area contributed by atoms with Crippen molar-refractivity contribution in [2.24, 2.45) is 0 Å². The first-order valence-electron chi connectivity index (χ1n) is 5.28. The van der Waals surface area contributed by atoms with Crippen LogP contribution in [-0.2, 0) is 5.88 Å². The number of rotatable bonds is 2. The summed E-state index contributed by atoms with van der Waals surface area (Å²) >= 11 is 11.9. The van der Waals surface area contributed by atoms with Crippen molar-refractivity contribution < 1.29 is 0 Å². The van der Waals surface area contributed by atoms with Gasteiger partial charge in [-0.3, -0.25) is 0 Å². The lowest BCUT2D eigenvalue weighted by Gasteiger charge is -2.08. The third-order valence-electron chi connectivity index (χ3n) is 2.67. The van der Waals surface area contributed by atoms with Gasteiger partial charge < -0.3 is 0 Å². The van der Waals surface area contributed by atoms with Crippen molar-refractivity contribution in [3.05, 3.63) is 39.8 Å². The van der Waals surface area contributed by atoms with Crippen LogP contribution in [0.15, 0.2) is 12.3 Å². The Bertz CT molecular complexity index is 561. The molecule has 0 aliphatic carbocycles. The van der Waals surface area contributed by atoms with Crippen molar-refractivity contribution >= 4 is 23.2 Å². The number of pyridine rings is 1. The van der Waals surface area contributed by atoms with E-state index in [1.54, 1.807) is 10.9 Å². The molecule has 0 aliphatic rings. The Morgan fingerprint density at radius 2 is 2.00 bits per heavy atom. The molecule has 0 amide bonds. The number of aryl methyl sites for hydroxylation is 2. The predicted octanol–water partition coefficient (Wildman–Crippen LogP) is 3.58. The van der Waals surface area contributed by atoms with Gasteiger partial charge in [0.25, 0.3) is 0 Å². The molecule has 0 aromatic carbocycles. The maximum absolute atomic E-state index is 6.13. The molecule has 3 nitrogen and oxygen atoms in total. The fourth-order valence-electron chi connectivity index (χ4n) is 1.75. The van der Waals surface area contributed by atoms with Crippen molar-refractivity contribution in [1.29, 1.82) is 0 Å². The number of halogens is 2. The van der Waals surface area contributed by atoms with Gasteiger partial charge in [-0.15, -0.1) is 11.6 Å². The molecular weight excluding hydrogens is 257 g/mol. The van der Waals surface area contributed by atoms with Gasteiger partial charge in [0.1, 0.15) is 0 Å². The number of hydrogen-bond donors (Lipinski definition) is 0. The van der Waals surface area contributed by atoms with E-state index in [0.29, 0.717) is 10.9 Å². The highest BCUT2D eigenvalue weighted by Crippen LogP contribution is 2.23. The molecule has 0 saturated heterocycles. The number of aromatic nitrogens is 3. The van der Waals surface area contributed by atoms with E-state index in [2.05, 4.69) is 10.1 Å². The maximum atomic E-state index is 6.13. The van der Waals surface area contributed by atoms with Crippen LogP contribution in [0, 0.1) is 20.8 Å². The Labute approximate surface area is 110 Å². The first-order valence-corrected chi connectivity index (χ1v) is 6.19. The second-order valence-corrected chi connectivity index (χ2v) is 4.66. The predicted molar refractivity (Wildman–Crippen MR) is 70.1 cm³/mol. The summed E-state index contributed by atoms with van der Waals surface area (Å²) in [7, 11) is 0. The van der Waals surface area contributed by atoms with Gasteiger partial charge in [0.15, 0.2) is 5.82 Å². The van der Waals surface area contributed by atoms with E-state index in [9.17, 15) is 0 Å². The van der Waals surface area contributed by atoms with Crippen LogP contribution in [0.5, 0.6) is 0 Å². The van der Waals surface area contributed by atoms with Crippen LogP contribution in [0.25, 0.3) is 5.82 Å². The van der Waals surface area contributed by atoms with Crippen LogP contribution >= 0.6 is 23.2 Å². The number of hydrogen-bond acceptors (Lipinski definition) is 2. The Morgan fingerprint density at radius 1 is 1.29 bits per heavy atom. The van der Waals surface area contributed by atoms with Gasteiger partial charge in [0.2, 0.25) is 0 Å². The van der Waals surface area contributed by atoms with Gasteiger partial charge in [-0.2, -0.15) is 5.10 Å². The van der Waals surface area contributed by atoms with Gasteiger partial charge in [-0.25, -0.2) is 9.67 Å². The van der Waals surface area contributed by atoms with Crippen molar-refractivity contribution in [3.8, 4) is 5.82 Å². The summed E-state index contributed by atoms with van der Waals surface area (Å²) in [5.74, 6) is 1.26. The zero-order valence-corrected chi connectivity index (χ0v) is 11.5. The summed E-state index contributed by atoms with van der Waals surface area (Å²) in [5.41, 5.74) is 3.75. The first-order chi connectivity index (χ1) is 8.04. The average Bonchev–Trinajstić information content (AvgIpc) is 2.57. The number of alkyl halides is 1. The summed E-state index contributed by atoms with van der Waals surface area (Å²) in [6, 6.07) is 2.01. The van der Waals surface area contributed by atoms with Gasteiger partial charge in [0, 0.05) is 12.1 Å². The molecule has 0 atom stereocenters. The molecule has 90 valence electrons. The van der Waals surface area contributed by atoms with Crippen LogP contribution < -0.4 is 0 Å². The second-order valence-electron chi connectivity index (χ2n) is 4.01. The van der Waals surface area contributed by atoms with E-state index < -0.39 is 0 Å². The standard InChI is InChI=1S/C12H13Cl2N3/c1-7-4-10(5-13)6-15-12(7)17-9(3)11(14)8(2)16-17/h4,6H,5H2,1-3H3. The third kappa shape index (κ3) is 2.17. The molecule has 17 heavy (non-hydrogen) atoms. The van der Waals surface area contributed by atoms with E-state index in [0.717, 1.165) is 28.3 Å². The van der Waals surface area contributed by atoms with Crippen molar-refractivity contribution in [1.82, 2.24) is 14.8 Å². The summed E-state index contributed by atoms with van der Waals surface area (Å²) in [6.07, 6.45) is 1.76. The largest absolute Gasteiger partial charge is 0.237 e. The molecule has 0 fully saturated rings. The fraction of sp³-hybridized carbons (Fsp3) is 0.333. The minimum absolute atomic E-state index is 0.464. The normalized spacial score (nSPS) is 10.9. The highest BCUT2D eigenvalue weighted by atomic mass is 35.5. The molecule has 0 aliphatic heterocycles. The SMILES string of the molecule is Cc1cc(CCl)cnc1-n1nc(C)c(Cl)c1C. The molecule has 2 heterocycles. The quantitative estimate of drug-likeness (QED) is 0.781. The van der Waals surface area contributed by atoms with Gasteiger partial charge >= 0.3 is 0 Å². The molecule has 5 heteroatoms. The molecule has 2 aromatic rings.